The van der Waals surface area contributed by atoms with Gasteiger partial charge >= 0.3 is 0 Å². The first-order valence-electron chi connectivity index (χ1n) is 9.02. The molecule has 1 aliphatic rings. The number of fused-ring (bicyclic) bond motifs is 1. The Morgan fingerprint density at radius 1 is 1.30 bits per heavy atom. The Balaban J connectivity index is 1.77. The lowest BCUT2D eigenvalue weighted by Gasteiger charge is -2.10. The van der Waals surface area contributed by atoms with Gasteiger partial charge in [0.05, 0.1) is 6.61 Å². The Morgan fingerprint density at radius 3 is 2.85 bits per heavy atom. The maximum atomic E-state index is 12.3. The summed E-state index contributed by atoms with van der Waals surface area (Å²) in [6.45, 7) is 5.99. The van der Waals surface area contributed by atoms with Crippen LogP contribution in [0, 0.1) is 0 Å². The Bertz CT molecular complexity index is 901. The molecule has 5 nitrogen and oxygen atoms in total. The molecule has 0 radical (unpaired) electrons. The summed E-state index contributed by atoms with van der Waals surface area (Å²) in [5, 5.41) is 2.77. The minimum atomic E-state index is -0.284. The SMILES string of the molecule is CCOc1cc2c(cc1/C=C\C(=O)Nc1cccc(C(C)=O)c1)O[C@@H](C)C2. The third-order valence-electron chi connectivity index (χ3n) is 4.28. The van der Waals surface area contributed by atoms with Gasteiger partial charge in [0.25, 0.3) is 0 Å². The van der Waals surface area contributed by atoms with Crippen LogP contribution in [0.25, 0.3) is 6.08 Å². The Hall–Kier alpha value is -3.08. The zero-order valence-electron chi connectivity index (χ0n) is 15.7. The predicted molar refractivity (Wildman–Crippen MR) is 106 cm³/mol. The summed E-state index contributed by atoms with van der Waals surface area (Å²) in [5.41, 5.74) is 3.04. The average molecular weight is 365 g/mol. The topological polar surface area (TPSA) is 64.6 Å². The molecule has 2 aromatic rings. The summed E-state index contributed by atoms with van der Waals surface area (Å²) in [5.74, 6) is 1.24. The van der Waals surface area contributed by atoms with E-state index < -0.39 is 0 Å². The number of carbonyl (C=O) groups is 2. The zero-order chi connectivity index (χ0) is 19.4. The molecule has 0 aliphatic carbocycles. The van der Waals surface area contributed by atoms with Crippen LogP contribution in [0.15, 0.2) is 42.5 Å². The molecule has 1 aliphatic heterocycles. The highest BCUT2D eigenvalue weighted by Gasteiger charge is 2.21. The highest BCUT2D eigenvalue weighted by Crippen LogP contribution is 2.35. The number of hydrogen-bond donors (Lipinski definition) is 1. The van der Waals surface area contributed by atoms with Gasteiger partial charge in [0.1, 0.15) is 17.6 Å². The highest BCUT2D eigenvalue weighted by molar-refractivity contribution is 6.03. The molecular weight excluding hydrogens is 342 g/mol. The van der Waals surface area contributed by atoms with E-state index in [2.05, 4.69) is 5.32 Å². The molecule has 0 unspecified atom stereocenters. The lowest BCUT2D eigenvalue weighted by Crippen LogP contribution is -2.08. The molecular formula is C22H23NO4. The predicted octanol–water partition coefficient (Wildman–Crippen LogP) is 4.26. The fourth-order valence-electron chi connectivity index (χ4n) is 3.03. The van der Waals surface area contributed by atoms with Crippen molar-refractivity contribution in [2.24, 2.45) is 0 Å². The molecule has 0 spiro atoms. The van der Waals surface area contributed by atoms with Crippen molar-refractivity contribution in [1.82, 2.24) is 0 Å². The molecule has 27 heavy (non-hydrogen) atoms. The van der Waals surface area contributed by atoms with Crippen molar-refractivity contribution in [3.63, 3.8) is 0 Å². The van der Waals surface area contributed by atoms with Crippen LogP contribution in [0.5, 0.6) is 11.5 Å². The molecule has 1 N–H and O–H groups in total. The highest BCUT2D eigenvalue weighted by atomic mass is 16.5. The molecule has 1 heterocycles. The van der Waals surface area contributed by atoms with Crippen molar-refractivity contribution in [3.8, 4) is 11.5 Å². The first kappa shape index (κ1) is 18.7. The normalized spacial score (nSPS) is 15.3. The Morgan fingerprint density at radius 2 is 2.11 bits per heavy atom. The molecule has 1 atom stereocenters. The summed E-state index contributed by atoms with van der Waals surface area (Å²) in [6, 6.07) is 10.7. The van der Waals surface area contributed by atoms with Gasteiger partial charge in [-0.05, 0) is 51.1 Å². The lowest BCUT2D eigenvalue weighted by atomic mass is 10.1. The van der Waals surface area contributed by atoms with Crippen LogP contribution in [-0.2, 0) is 11.2 Å². The van der Waals surface area contributed by atoms with Crippen LogP contribution in [0.1, 0.15) is 42.3 Å². The summed E-state index contributed by atoms with van der Waals surface area (Å²) in [6.07, 6.45) is 4.16. The Labute approximate surface area is 159 Å². The maximum absolute atomic E-state index is 12.3. The zero-order valence-corrected chi connectivity index (χ0v) is 15.7. The quantitative estimate of drug-likeness (QED) is 0.613. The second-order valence-corrected chi connectivity index (χ2v) is 6.52. The number of ketones is 1. The van der Waals surface area contributed by atoms with E-state index in [4.69, 9.17) is 9.47 Å². The van der Waals surface area contributed by atoms with Crippen molar-refractivity contribution < 1.29 is 19.1 Å². The Kier molecular flexibility index (Phi) is 5.60. The van der Waals surface area contributed by atoms with Crippen molar-refractivity contribution in [1.29, 1.82) is 0 Å². The molecule has 140 valence electrons. The second kappa shape index (κ2) is 8.08. The van der Waals surface area contributed by atoms with Crippen LogP contribution >= 0.6 is 0 Å². The van der Waals surface area contributed by atoms with Crippen LogP contribution < -0.4 is 14.8 Å². The van der Waals surface area contributed by atoms with Crippen molar-refractivity contribution in [2.75, 3.05) is 11.9 Å². The molecule has 0 saturated heterocycles. The van der Waals surface area contributed by atoms with Gasteiger partial charge in [-0.15, -0.1) is 0 Å². The number of Topliss-reactive ketones (excluding diaryl/α,β-unsaturated/α-hetero) is 1. The second-order valence-electron chi connectivity index (χ2n) is 6.52. The van der Waals surface area contributed by atoms with Gasteiger partial charge in [0.15, 0.2) is 5.78 Å². The summed E-state index contributed by atoms with van der Waals surface area (Å²) in [7, 11) is 0. The molecule has 0 bridgehead atoms. The molecule has 3 rings (SSSR count). The van der Waals surface area contributed by atoms with Crippen molar-refractivity contribution >= 4 is 23.5 Å². The smallest absolute Gasteiger partial charge is 0.248 e. The van der Waals surface area contributed by atoms with Gasteiger partial charge in [0.2, 0.25) is 5.91 Å². The molecule has 0 fully saturated rings. The number of rotatable bonds is 6. The number of anilines is 1. The van der Waals surface area contributed by atoms with E-state index >= 15 is 0 Å². The first-order valence-corrected chi connectivity index (χ1v) is 9.02. The van der Waals surface area contributed by atoms with Gasteiger partial charge in [-0.1, -0.05) is 12.1 Å². The third kappa shape index (κ3) is 4.56. The fourth-order valence-corrected chi connectivity index (χ4v) is 3.03. The third-order valence-corrected chi connectivity index (χ3v) is 4.28. The summed E-state index contributed by atoms with van der Waals surface area (Å²) >= 11 is 0. The number of benzene rings is 2. The molecule has 2 aromatic carbocycles. The molecule has 0 saturated carbocycles. The number of ether oxygens (including phenoxy) is 2. The van der Waals surface area contributed by atoms with Crippen LogP contribution in [-0.4, -0.2) is 24.4 Å². The standard InChI is InChI=1S/C22H23NO4/c1-4-26-20-13-18-10-14(2)27-21(18)12-17(20)8-9-22(25)23-19-7-5-6-16(11-19)15(3)24/h5-9,11-14H,4,10H2,1-3H3,(H,23,25)/b9-8-/t14-/m0/s1. The monoisotopic (exact) mass is 365 g/mol. The van der Waals surface area contributed by atoms with Crippen LogP contribution in [0.3, 0.4) is 0 Å². The van der Waals surface area contributed by atoms with Gasteiger partial charge in [0, 0.05) is 34.9 Å². The van der Waals surface area contributed by atoms with Gasteiger partial charge < -0.3 is 14.8 Å². The molecule has 0 aromatic heterocycles. The summed E-state index contributed by atoms with van der Waals surface area (Å²) < 4.78 is 11.5. The number of hydrogen-bond acceptors (Lipinski definition) is 4. The minimum Gasteiger partial charge on any atom is -0.493 e. The largest absolute Gasteiger partial charge is 0.493 e. The summed E-state index contributed by atoms with van der Waals surface area (Å²) in [4.78, 5) is 23.7. The number of amides is 1. The van der Waals surface area contributed by atoms with Gasteiger partial charge in [-0.3, -0.25) is 9.59 Å². The average Bonchev–Trinajstić information content (AvgIpc) is 2.99. The number of nitrogens with one attached hydrogen (secondary N) is 1. The van der Waals surface area contributed by atoms with E-state index in [-0.39, 0.29) is 17.8 Å². The van der Waals surface area contributed by atoms with Crippen molar-refractivity contribution in [2.45, 2.75) is 33.3 Å². The lowest BCUT2D eigenvalue weighted by molar-refractivity contribution is -0.111. The maximum Gasteiger partial charge on any atom is 0.248 e. The molecule has 5 heteroatoms. The first-order chi connectivity index (χ1) is 13.0. The van der Waals surface area contributed by atoms with E-state index in [0.717, 1.165) is 29.0 Å². The van der Waals surface area contributed by atoms with E-state index in [9.17, 15) is 9.59 Å². The van der Waals surface area contributed by atoms with Crippen LogP contribution in [0.4, 0.5) is 5.69 Å². The fraction of sp³-hybridized carbons (Fsp3) is 0.273. The van der Waals surface area contributed by atoms with Gasteiger partial charge in [-0.2, -0.15) is 0 Å². The van der Waals surface area contributed by atoms with Crippen LogP contribution in [0.2, 0.25) is 0 Å². The van der Waals surface area contributed by atoms with Crippen molar-refractivity contribution in [3.05, 3.63) is 59.2 Å². The van der Waals surface area contributed by atoms with E-state index in [1.807, 2.05) is 26.0 Å². The van der Waals surface area contributed by atoms with E-state index in [1.165, 1.54) is 13.0 Å². The van der Waals surface area contributed by atoms with E-state index in [0.29, 0.717) is 17.9 Å². The van der Waals surface area contributed by atoms with Gasteiger partial charge in [-0.25, -0.2) is 0 Å². The minimum absolute atomic E-state index is 0.0460. The molecule has 1 amide bonds. The number of carbonyl (C=O) groups excluding carboxylic acids is 2. The van der Waals surface area contributed by atoms with E-state index in [1.54, 1.807) is 30.3 Å².